The van der Waals surface area contributed by atoms with E-state index in [1.165, 1.54) is 6.08 Å². The molecule has 1 aliphatic rings. The van der Waals surface area contributed by atoms with Crippen molar-refractivity contribution in [2.45, 2.75) is 65.2 Å². The Bertz CT molecular complexity index is 581. The molecule has 8 heteroatoms. The summed E-state index contributed by atoms with van der Waals surface area (Å²) < 4.78 is 10.6. The van der Waals surface area contributed by atoms with Crippen molar-refractivity contribution in [3.63, 3.8) is 0 Å². The van der Waals surface area contributed by atoms with E-state index in [1.807, 2.05) is 13.0 Å². The topological polar surface area (TPSA) is 76.1 Å². The van der Waals surface area contributed by atoms with Crippen LogP contribution in [0.15, 0.2) is 24.3 Å². The minimum Gasteiger partial charge on any atom is -0.447 e. The molecule has 5 atom stereocenters. The lowest BCUT2D eigenvalue weighted by molar-refractivity contribution is -0.137. The first kappa shape index (κ1) is 24.9. The van der Waals surface area contributed by atoms with Crippen LogP contribution >= 0.6 is 8.03 Å². The van der Waals surface area contributed by atoms with Gasteiger partial charge in [-0.1, -0.05) is 38.5 Å². The second-order valence-corrected chi connectivity index (χ2v) is 8.89. The Morgan fingerprint density at radius 3 is 2.68 bits per heavy atom. The van der Waals surface area contributed by atoms with Crippen molar-refractivity contribution < 1.29 is 24.0 Å². The molecule has 6 nitrogen and oxygen atoms in total. The van der Waals surface area contributed by atoms with E-state index in [0.717, 1.165) is 17.7 Å². The summed E-state index contributed by atoms with van der Waals surface area (Å²) in [6.07, 6.45) is 3.02. The molecule has 0 aliphatic carbocycles. The van der Waals surface area contributed by atoms with Crippen molar-refractivity contribution in [1.82, 2.24) is 4.90 Å². The lowest BCUT2D eigenvalue weighted by Gasteiger charge is -2.32. The number of imide groups is 1. The molecule has 1 saturated heterocycles. The molecule has 1 heterocycles. The number of aliphatic hydroxyl groups excluding tert-OH is 1. The number of hydrogen-bond donors (Lipinski definition) is 1. The number of rotatable bonds is 11. The number of aliphatic hydroxyl groups is 1. The number of ether oxygens (including phenoxy) is 1. The zero-order valence-electron chi connectivity index (χ0n) is 17.6. The van der Waals surface area contributed by atoms with Crippen molar-refractivity contribution in [2.24, 2.45) is 11.8 Å². The first-order valence-corrected chi connectivity index (χ1v) is 11.5. The summed E-state index contributed by atoms with van der Waals surface area (Å²) in [6.45, 7) is 13.5. The molecule has 0 aromatic carbocycles. The van der Waals surface area contributed by atoms with Crippen LogP contribution in [0, 0.1) is 11.8 Å². The molecule has 1 fully saturated rings. The molecule has 0 aromatic rings. The molecular weight excluding hydrogens is 376 g/mol. The molecule has 0 spiro atoms. The predicted octanol–water partition coefficient (Wildman–Crippen LogP) is 3.78. The third kappa shape index (κ3) is 6.72. The number of cyclic esters (lactones) is 1. The summed E-state index contributed by atoms with van der Waals surface area (Å²) in [6, 6.07) is -0.334. The smallest absolute Gasteiger partial charge is 0.416 e. The van der Waals surface area contributed by atoms with Gasteiger partial charge >= 0.3 is 6.09 Å². The normalized spacial score (nSPS) is 22.0. The molecule has 0 saturated carbocycles. The molecule has 2 amide bonds. The van der Waals surface area contributed by atoms with Gasteiger partial charge in [-0.15, -0.1) is 6.58 Å². The number of hydrogen-bond acceptors (Lipinski definition) is 5. The average molecular weight is 409 g/mol. The number of amides is 2. The molecule has 156 valence electrons. The van der Waals surface area contributed by atoms with E-state index in [2.05, 4.69) is 20.4 Å². The van der Waals surface area contributed by atoms with Gasteiger partial charge in [-0.3, -0.25) is 4.79 Å². The summed E-state index contributed by atoms with van der Waals surface area (Å²) in [5, 5.41) is 11.0. The molecule has 1 N–H and O–H groups in total. The Morgan fingerprint density at radius 2 is 2.18 bits per heavy atom. The molecular formula is C20H33BNO5P. The van der Waals surface area contributed by atoms with E-state index in [9.17, 15) is 14.7 Å². The zero-order valence-corrected chi connectivity index (χ0v) is 18.5. The lowest BCUT2D eigenvalue weighted by atomic mass is 9.88. The van der Waals surface area contributed by atoms with Crippen molar-refractivity contribution in [2.75, 3.05) is 13.3 Å². The lowest BCUT2D eigenvalue weighted by Crippen LogP contribution is -2.48. The van der Waals surface area contributed by atoms with Gasteiger partial charge in [0.15, 0.2) is 0 Å². The van der Waals surface area contributed by atoms with Crippen LogP contribution in [0.4, 0.5) is 4.79 Å². The van der Waals surface area contributed by atoms with Crippen molar-refractivity contribution in [3.05, 3.63) is 24.3 Å². The van der Waals surface area contributed by atoms with E-state index in [1.54, 1.807) is 13.6 Å². The van der Waals surface area contributed by atoms with Gasteiger partial charge in [0.1, 0.15) is 20.3 Å². The van der Waals surface area contributed by atoms with E-state index in [0.29, 0.717) is 17.9 Å². The van der Waals surface area contributed by atoms with E-state index < -0.39 is 38.2 Å². The average Bonchev–Trinajstić information content (AvgIpc) is 2.99. The Kier molecular flexibility index (Phi) is 10.4. The summed E-state index contributed by atoms with van der Waals surface area (Å²) in [5.74, 6) is -0.899. The largest absolute Gasteiger partial charge is 0.447 e. The predicted molar refractivity (Wildman–Crippen MR) is 113 cm³/mol. The maximum Gasteiger partial charge on any atom is 0.416 e. The number of carbonyl (C=O) groups excluding carboxylic acids is 2. The van der Waals surface area contributed by atoms with Crippen LogP contribution in [0.3, 0.4) is 0 Å². The molecule has 0 aromatic heterocycles. The summed E-state index contributed by atoms with van der Waals surface area (Å²) in [4.78, 5) is 26.6. The van der Waals surface area contributed by atoms with Crippen molar-refractivity contribution >= 4 is 27.6 Å². The third-order valence-corrected chi connectivity index (χ3v) is 5.41. The first-order valence-electron chi connectivity index (χ1n) is 9.76. The fourth-order valence-electron chi connectivity index (χ4n) is 3.19. The molecule has 2 radical (unpaired) electrons. The van der Waals surface area contributed by atoms with Crippen LogP contribution in [0.25, 0.3) is 0 Å². The SMILES string of the molecule is [B]P(C)O[C@H](C=C)[C@@H](O)[C@@H](C(=O)N1C(=O)OC[C@H]1CC)/C(C)=C/CCC(C)C. The minimum atomic E-state index is -1.26. The van der Waals surface area contributed by atoms with Gasteiger partial charge in [0.2, 0.25) is 5.91 Å². The molecule has 28 heavy (non-hydrogen) atoms. The van der Waals surface area contributed by atoms with Gasteiger partial charge in [-0.2, -0.15) is 0 Å². The van der Waals surface area contributed by atoms with E-state index in [-0.39, 0.29) is 12.6 Å². The molecule has 1 rings (SSSR count). The van der Waals surface area contributed by atoms with E-state index in [4.69, 9.17) is 16.8 Å². The Morgan fingerprint density at radius 1 is 1.54 bits per heavy atom. The molecule has 1 unspecified atom stereocenters. The van der Waals surface area contributed by atoms with Crippen LogP contribution in [-0.4, -0.2) is 61.1 Å². The Balaban J connectivity index is 3.20. The van der Waals surface area contributed by atoms with Gasteiger partial charge < -0.3 is 14.4 Å². The molecule has 1 aliphatic heterocycles. The number of nitrogens with zero attached hydrogens (tertiary/aromatic N) is 1. The highest BCUT2D eigenvalue weighted by Crippen LogP contribution is 2.33. The standard InChI is InChI=1S/C20H33BNO5P/c1-7-15-12-26-20(25)22(15)19(24)17(14(5)11-9-10-13(3)4)18(23)16(8-2)27-28(6)21/h8,11,13,15-18,23H,2,7,9-10,12H2,1,3-6H3/b14-11+/t15-,16-,17+,18-,28?/m1/s1. The van der Waals surface area contributed by atoms with Gasteiger partial charge in [-0.05, 0) is 46.8 Å². The minimum absolute atomic E-state index is 0.171. The number of carbonyl (C=O) groups is 2. The van der Waals surface area contributed by atoms with Crippen molar-refractivity contribution in [3.8, 4) is 0 Å². The zero-order chi connectivity index (χ0) is 21.4. The first-order chi connectivity index (χ1) is 13.1. The highest BCUT2D eigenvalue weighted by Gasteiger charge is 2.44. The van der Waals surface area contributed by atoms with Crippen molar-refractivity contribution in [1.29, 1.82) is 0 Å². The van der Waals surface area contributed by atoms with Crippen LogP contribution in [0.2, 0.25) is 0 Å². The molecule has 0 bridgehead atoms. The fourth-order valence-corrected chi connectivity index (χ4v) is 3.78. The van der Waals surface area contributed by atoms with Gasteiger partial charge in [0, 0.05) is 0 Å². The summed E-state index contributed by atoms with van der Waals surface area (Å²) in [7, 11) is 4.50. The van der Waals surface area contributed by atoms with Gasteiger partial charge in [0.05, 0.1) is 18.1 Å². The maximum atomic E-state index is 13.3. The monoisotopic (exact) mass is 409 g/mol. The Hall–Kier alpha value is -1.17. The Labute approximate surface area is 171 Å². The van der Waals surface area contributed by atoms with Gasteiger partial charge in [0.25, 0.3) is 0 Å². The fraction of sp³-hybridized carbons (Fsp3) is 0.700. The van der Waals surface area contributed by atoms with Crippen LogP contribution in [0.1, 0.15) is 47.0 Å². The quantitative estimate of drug-likeness (QED) is 0.319. The number of allylic oxidation sites excluding steroid dienone is 1. The maximum absolute atomic E-state index is 13.3. The second-order valence-electron chi connectivity index (χ2n) is 7.59. The second kappa shape index (κ2) is 11.7. The van der Waals surface area contributed by atoms with E-state index >= 15 is 0 Å². The summed E-state index contributed by atoms with van der Waals surface area (Å²) in [5.41, 5.74) is 0.695. The van der Waals surface area contributed by atoms with Crippen LogP contribution < -0.4 is 0 Å². The van der Waals surface area contributed by atoms with Crippen LogP contribution in [-0.2, 0) is 14.1 Å². The summed E-state index contributed by atoms with van der Waals surface area (Å²) >= 11 is 0. The van der Waals surface area contributed by atoms with Crippen LogP contribution in [0.5, 0.6) is 0 Å². The highest BCUT2D eigenvalue weighted by atomic mass is 31.1. The highest BCUT2D eigenvalue weighted by molar-refractivity contribution is 7.77. The van der Waals surface area contributed by atoms with Gasteiger partial charge in [-0.25, -0.2) is 9.69 Å². The third-order valence-electron chi connectivity index (χ3n) is 4.84.